The molecule has 1 aliphatic rings. The quantitative estimate of drug-likeness (QED) is 0.654. The number of carbonyl (C=O) groups is 1. The van der Waals surface area contributed by atoms with Gasteiger partial charge in [0, 0.05) is 45.8 Å². The number of fused-ring (bicyclic) bond motifs is 1. The monoisotopic (exact) mass is 383 g/mol. The van der Waals surface area contributed by atoms with E-state index in [1.807, 2.05) is 36.0 Å². The number of carbonyl (C=O) groups excluding carboxylic acids is 1. The van der Waals surface area contributed by atoms with Crippen molar-refractivity contribution in [1.29, 1.82) is 0 Å². The van der Waals surface area contributed by atoms with E-state index in [0.29, 0.717) is 60.4 Å². The number of hydrogen-bond donors (Lipinski definition) is 0. The molecule has 0 radical (unpaired) electrons. The zero-order valence-electron chi connectivity index (χ0n) is 16.0. The molecule has 4 rings (SSSR count). The summed E-state index contributed by atoms with van der Waals surface area (Å²) in [5, 5.41) is 7.56. The fraction of sp³-hybridized carbons (Fsp3) is 0.389. The molecule has 1 aliphatic heterocycles. The van der Waals surface area contributed by atoms with Crippen LogP contribution in [0.15, 0.2) is 28.9 Å². The number of amides is 1. The average molecular weight is 383 g/mol. The molecule has 10 heteroatoms. The van der Waals surface area contributed by atoms with E-state index in [2.05, 4.69) is 25.2 Å². The first kappa shape index (κ1) is 18.0. The van der Waals surface area contributed by atoms with Crippen molar-refractivity contribution in [2.24, 2.45) is 0 Å². The SMILES string of the molecule is COc1cccc(C(=O)N2CCN(c3nc4nonc4nc3N(C)C)CC2)c1. The minimum absolute atomic E-state index is 0.00591. The molecule has 3 heterocycles. The maximum Gasteiger partial charge on any atom is 0.254 e. The van der Waals surface area contributed by atoms with Crippen molar-refractivity contribution in [2.75, 3.05) is 57.2 Å². The summed E-state index contributed by atoms with van der Waals surface area (Å²) in [6.45, 7) is 2.45. The molecule has 0 bridgehead atoms. The largest absolute Gasteiger partial charge is 0.497 e. The number of anilines is 2. The van der Waals surface area contributed by atoms with Gasteiger partial charge in [0.15, 0.2) is 11.6 Å². The first-order valence-electron chi connectivity index (χ1n) is 8.92. The Kier molecular flexibility index (Phi) is 4.68. The molecule has 1 saturated heterocycles. The molecule has 28 heavy (non-hydrogen) atoms. The van der Waals surface area contributed by atoms with E-state index in [-0.39, 0.29) is 5.91 Å². The minimum atomic E-state index is -0.00591. The van der Waals surface area contributed by atoms with Crippen molar-refractivity contribution >= 4 is 28.8 Å². The van der Waals surface area contributed by atoms with Gasteiger partial charge in [-0.15, -0.1) is 0 Å². The Bertz CT molecular complexity index is 996. The number of methoxy groups -OCH3 is 1. The van der Waals surface area contributed by atoms with Crippen LogP contribution in [0.4, 0.5) is 11.6 Å². The molecule has 1 aromatic carbocycles. The van der Waals surface area contributed by atoms with Crippen molar-refractivity contribution in [2.45, 2.75) is 0 Å². The third-order valence-corrected chi connectivity index (χ3v) is 4.68. The number of hydrogen-bond acceptors (Lipinski definition) is 9. The van der Waals surface area contributed by atoms with E-state index >= 15 is 0 Å². The lowest BCUT2D eigenvalue weighted by molar-refractivity contribution is 0.0746. The molecule has 1 amide bonds. The van der Waals surface area contributed by atoms with Gasteiger partial charge in [-0.25, -0.2) is 14.6 Å². The third kappa shape index (κ3) is 3.28. The Morgan fingerprint density at radius 1 is 1.11 bits per heavy atom. The molecule has 3 aromatic rings. The van der Waals surface area contributed by atoms with E-state index < -0.39 is 0 Å². The molecule has 2 aromatic heterocycles. The van der Waals surface area contributed by atoms with E-state index in [0.717, 1.165) is 0 Å². The zero-order chi connectivity index (χ0) is 19.7. The Balaban J connectivity index is 1.52. The smallest absolute Gasteiger partial charge is 0.254 e. The van der Waals surface area contributed by atoms with Crippen LogP contribution in [0.25, 0.3) is 11.3 Å². The van der Waals surface area contributed by atoms with E-state index in [4.69, 9.17) is 9.37 Å². The number of rotatable bonds is 4. The number of benzene rings is 1. The van der Waals surface area contributed by atoms with Crippen molar-refractivity contribution in [1.82, 2.24) is 25.2 Å². The van der Waals surface area contributed by atoms with E-state index in [1.165, 1.54) is 0 Å². The van der Waals surface area contributed by atoms with Crippen LogP contribution in [0, 0.1) is 0 Å². The predicted octanol–water partition coefficient (Wildman–Crippen LogP) is 1.05. The molecule has 146 valence electrons. The van der Waals surface area contributed by atoms with Crippen molar-refractivity contribution in [3.05, 3.63) is 29.8 Å². The highest BCUT2D eigenvalue weighted by molar-refractivity contribution is 5.94. The third-order valence-electron chi connectivity index (χ3n) is 4.68. The van der Waals surface area contributed by atoms with Gasteiger partial charge < -0.3 is 19.4 Å². The van der Waals surface area contributed by atoms with Crippen LogP contribution in [-0.2, 0) is 0 Å². The summed E-state index contributed by atoms with van der Waals surface area (Å²) in [6, 6.07) is 7.21. The number of aromatic nitrogens is 4. The highest BCUT2D eigenvalue weighted by Crippen LogP contribution is 2.27. The lowest BCUT2D eigenvalue weighted by atomic mass is 10.1. The Hall–Kier alpha value is -3.43. The second-order valence-electron chi connectivity index (χ2n) is 6.69. The van der Waals surface area contributed by atoms with Gasteiger partial charge in [0.25, 0.3) is 5.91 Å². The molecule has 0 saturated carbocycles. The van der Waals surface area contributed by atoms with Gasteiger partial charge in [0.05, 0.1) is 7.11 Å². The maximum atomic E-state index is 12.8. The highest BCUT2D eigenvalue weighted by Gasteiger charge is 2.26. The lowest BCUT2D eigenvalue weighted by Crippen LogP contribution is -2.49. The van der Waals surface area contributed by atoms with Gasteiger partial charge in [-0.3, -0.25) is 4.79 Å². The van der Waals surface area contributed by atoms with Crippen LogP contribution in [0.3, 0.4) is 0 Å². The van der Waals surface area contributed by atoms with Crippen LogP contribution < -0.4 is 14.5 Å². The van der Waals surface area contributed by atoms with Gasteiger partial charge in [0.2, 0.25) is 11.3 Å². The molecule has 0 unspecified atom stereocenters. The molecular weight excluding hydrogens is 362 g/mol. The second kappa shape index (κ2) is 7.29. The summed E-state index contributed by atoms with van der Waals surface area (Å²) >= 11 is 0. The van der Waals surface area contributed by atoms with Crippen LogP contribution in [0.5, 0.6) is 5.75 Å². The number of piperazine rings is 1. The summed E-state index contributed by atoms with van der Waals surface area (Å²) in [4.78, 5) is 27.7. The molecule has 0 spiro atoms. The highest BCUT2D eigenvalue weighted by atomic mass is 16.6. The predicted molar refractivity (Wildman–Crippen MR) is 103 cm³/mol. The molecule has 0 atom stereocenters. The lowest BCUT2D eigenvalue weighted by Gasteiger charge is -2.36. The van der Waals surface area contributed by atoms with Gasteiger partial charge in [-0.1, -0.05) is 6.07 Å². The van der Waals surface area contributed by atoms with Gasteiger partial charge in [0.1, 0.15) is 5.75 Å². The van der Waals surface area contributed by atoms with Crippen LogP contribution in [-0.4, -0.2) is 78.5 Å². The Labute approximate surface area is 161 Å². The van der Waals surface area contributed by atoms with Crippen LogP contribution >= 0.6 is 0 Å². The summed E-state index contributed by atoms with van der Waals surface area (Å²) in [6.07, 6.45) is 0. The van der Waals surface area contributed by atoms with Crippen LogP contribution in [0.1, 0.15) is 10.4 Å². The van der Waals surface area contributed by atoms with E-state index in [1.54, 1.807) is 19.2 Å². The first-order chi connectivity index (χ1) is 13.6. The fourth-order valence-electron chi connectivity index (χ4n) is 3.19. The normalized spacial score (nSPS) is 14.4. The second-order valence-corrected chi connectivity index (χ2v) is 6.69. The van der Waals surface area contributed by atoms with Gasteiger partial charge >= 0.3 is 0 Å². The zero-order valence-corrected chi connectivity index (χ0v) is 16.0. The molecule has 10 nitrogen and oxygen atoms in total. The summed E-state index contributed by atoms with van der Waals surface area (Å²) in [5.41, 5.74) is 1.37. The summed E-state index contributed by atoms with van der Waals surface area (Å²) < 4.78 is 9.95. The molecule has 1 fully saturated rings. The van der Waals surface area contributed by atoms with Crippen LogP contribution in [0.2, 0.25) is 0 Å². The summed E-state index contributed by atoms with van der Waals surface area (Å²) in [7, 11) is 5.39. The fourth-order valence-corrected chi connectivity index (χ4v) is 3.19. The molecular formula is C18H21N7O3. The van der Waals surface area contributed by atoms with Crippen molar-refractivity contribution in [3.63, 3.8) is 0 Å². The molecule has 0 aliphatic carbocycles. The Morgan fingerprint density at radius 3 is 2.50 bits per heavy atom. The van der Waals surface area contributed by atoms with Gasteiger partial charge in [-0.05, 0) is 28.5 Å². The standard InChI is InChI=1S/C18H21N7O3/c1-23(2)16-17(20-15-14(19-16)21-28-22-15)24-7-9-25(10-8-24)18(26)12-5-4-6-13(11-12)27-3/h4-6,11H,7-10H2,1-3H3. The van der Waals surface area contributed by atoms with E-state index in [9.17, 15) is 4.79 Å². The minimum Gasteiger partial charge on any atom is -0.497 e. The number of nitrogens with zero attached hydrogens (tertiary/aromatic N) is 7. The first-order valence-corrected chi connectivity index (χ1v) is 8.92. The topological polar surface area (TPSA) is 101 Å². The molecule has 0 N–H and O–H groups in total. The number of ether oxygens (including phenoxy) is 1. The maximum absolute atomic E-state index is 12.8. The van der Waals surface area contributed by atoms with Crippen molar-refractivity contribution < 1.29 is 14.2 Å². The average Bonchev–Trinajstić information content (AvgIpc) is 3.20. The Morgan fingerprint density at radius 2 is 1.82 bits per heavy atom. The van der Waals surface area contributed by atoms with Gasteiger partial charge in [-0.2, -0.15) is 0 Å². The summed E-state index contributed by atoms with van der Waals surface area (Å²) in [5.74, 6) is 2.07. The van der Waals surface area contributed by atoms with Crippen molar-refractivity contribution in [3.8, 4) is 5.75 Å².